The number of oxime groups is 1. The van der Waals surface area contributed by atoms with Gasteiger partial charge in [-0.15, -0.1) is 0 Å². The van der Waals surface area contributed by atoms with Crippen molar-refractivity contribution in [3.8, 4) is 0 Å². The fourth-order valence-electron chi connectivity index (χ4n) is 3.07. The fraction of sp³-hybridized carbons (Fsp3) is 0.250. The second-order valence-corrected chi connectivity index (χ2v) is 8.37. The predicted octanol–water partition coefficient (Wildman–Crippen LogP) is 5.91. The summed E-state index contributed by atoms with van der Waals surface area (Å²) in [7, 11) is 0. The van der Waals surface area contributed by atoms with E-state index >= 15 is 0 Å². The van der Waals surface area contributed by atoms with E-state index in [1.165, 1.54) is 11.3 Å². The van der Waals surface area contributed by atoms with Gasteiger partial charge in [-0.05, 0) is 49.9 Å². The number of hydrogen-bond acceptors (Lipinski definition) is 5. The van der Waals surface area contributed by atoms with Crippen molar-refractivity contribution in [1.29, 1.82) is 0 Å². The highest BCUT2D eigenvalue weighted by atomic mass is 35.5. The Kier molecular flexibility index (Phi) is 5.80. The third-order valence-electron chi connectivity index (χ3n) is 4.52. The second kappa shape index (κ2) is 8.47. The number of nitrogens with zero attached hydrogens (tertiary/aromatic N) is 2. The summed E-state index contributed by atoms with van der Waals surface area (Å²) in [4.78, 5) is 23.0. The van der Waals surface area contributed by atoms with Gasteiger partial charge < -0.3 is 4.84 Å². The van der Waals surface area contributed by atoms with Gasteiger partial charge in [0.2, 0.25) is 0 Å². The topological polar surface area (TPSA) is 63.6 Å². The van der Waals surface area contributed by atoms with Crippen LogP contribution in [0.15, 0.2) is 47.6 Å². The summed E-state index contributed by atoms with van der Waals surface area (Å²) >= 11 is 13.5. The summed E-state index contributed by atoms with van der Waals surface area (Å²) in [6, 6.07) is 12.6. The molecule has 5 nitrogen and oxygen atoms in total. The highest BCUT2D eigenvalue weighted by Crippen LogP contribution is 2.27. The van der Waals surface area contributed by atoms with E-state index in [9.17, 15) is 4.79 Å². The molecule has 0 bridgehead atoms. The quantitative estimate of drug-likeness (QED) is 0.401. The number of anilines is 1. The van der Waals surface area contributed by atoms with Gasteiger partial charge in [0.1, 0.15) is 6.10 Å². The molecule has 4 rings (SSSR count). The van der Waals surface area contributed by atoms with Gasteiger partial charge in [0.05, 0.1) is 20.3 Å². The molecule has 0 radical (unpaired) electrons. The molecule has 0 unspecified atom stereocenters. The number of carbonyl (C=O) groups excluding carboxylic acids is 1. The number of amides is 1. The molecule has 1 heterocycles. The van der Waals surface area contributed by atoms with Crippen LogP contribution in [0, 0.1) is 0 Å². The van der Waals surface area contributed by atoms with Gasteiger partial charge in [0.25, 0.3) is 5.91 Å². The minimum Gasteiger partial charge on any atom is -0.392 e. The van der Waals surface area contributed by atoms with E-state index < -0.39 is 5.91 Å². The van der Waals surface area contributed by atoms with Crippen LogP contribution in [0.25, 0.3) is 10.2 Å². The molecule has 1 fully saturated rings. The van der Waals surface area contributed by atoms with Gasteiger partial charge in [-0.3, -0.25) is 10.1 Å². The average Bonchev–Trinajstić information content (AvgIpc) is 3.33. The molecule has 1 saturated carbocycles. The minimum absolute atomic E-state index is 0.0352. The van der Waals surface area contributed by atoms with E-state index in [-0.39, 0.29) is 11.8 Å². The van der Waals surface area contributed by atoms with Crippen LogP contribution in [-0.4, -0.2) is 22.7 Å². The molecule has 0 atom stereocenters. The summed E-state index contributed by atoms with van der Waals surface area (Å²) < 4.78 is 0.994. The van der Waals surface area contributed by atoms with Crippen LogP contribution >= 0.6 is 34.5 Å². The Labute approximate surface area is 176 Å². The molecule has 8 heteroatoms. The standard InChI is InChI=1S/C20H17Cl2N3O2S/c21-14-10-9-12(11-15(14)22)18(25-27-13-5-1-2-6-13)19(26)24-20-23-16-7-3-4-8-17(16)28-20/h3-4,7-11,13H,1-2,5-6H2,(H,23,24,26)/b25-18+. The molecule has 0 spiro atoms. The van der Waals surface area contributed by atoms with Crippen molar-refractivity contribution in [3.63, 3.8) is 0 Å². The first kappa shape index (κ1) is 19.2. The number of halogens is 2. The summed E-state index contributed by atoms with van der Waals surface area (Å²) in [5.74, 6) is -0.407. The van der Waals surface area contributed by atoms with Crippen molar-refractivity contribution in [1.82, 2.24) is 4.98 Å². The summed E-state index contributed by atoms with van der Waals surface area (Å²) in [5.41, 5.74) is 1.51. The van der Waals surface area contributed by atoms with E-state index in [0.29, 0.717) is 20.7 Å². The lowest BCUT2D eigenvalue weighted by Gasteiger charge is -2.11. The normalized spacial score (nSPS) is 15.1. The molecule has 1 aromatic heterocycles. The van der Waals surface area contributed by atoms with Crippen LogP contribution in [0.1, 0.15) is 31.2 Å². The maximum atomic E-state index is 13.0. The Morgan fingerprint density at radius 2 is 1.93 bits per heavy atom. The maximum absolute atomic E-state index is 13.0. The molecule has 1 N–H and O–H groups in total. The Bertz CT molecular complexity index is 1010. The summed E-state index contributed by atoms with van der Waals surface area (Å²) in [5, 5.41) is 8.26. The third-order valence-corrected chi connectivity index (χ3v) is 6.21. The Hall–Kier alpha value is -2.15. The molecular weight excluding hydrogens is 417 g/mol. The molecule has 0 aliphatic heterocycles. The van der Waals surface area contributed by atoms with Crippen molar-refractivity contribution < 1.29 is 9.63 Å². The van der Waals surface area contributed by atoms with Crippen LogP contribution in [0.2, 0.25) is 10.0 Å². The molecular formula is C20H17Cl2N3O2S. The maximum Gasteiger partial charge on any atom is 0.280 e. The summed E-state index contributed by atoms with van der Waals surface area (Å²) in [6.45, 7) is 0. The van der Waals surface area contributed by atoms with Crippen LogP contribution < -0.4 is 5.32 Å². The lowest BCUT2D eigenvalue weighted by molar-refractivity contribution is -0.110. The van der Waals surface area contributed by atoms with E-state index in [2.05, 4.69) is 15.5 Å². The number of hydrogen-bond donors (Lipinski definition) is 1. The van der Waals surface area contributed by atoms with Gasteiger partial charge in [-0.1, -0.05) is 57.9 Å². The number of thiazole rings is 1. The van der Waals surface area contributed by atoms with E-state index in [4.69, 9.17) is 28.0 Å². The number of fused-ring (bicyclic) bond motifs is 1. The number of aromatic nitrogens is 1. The SMILES string of the molecule is O=C(Nc1nc2ccccc2s1)/C(=N/OC1CCCC1)c1ccc(Cl)c(Cl)c1. The van der Waals surface area contributed by atoms with Crippen LogP contribution in [-0.2, 0) is 9.63 Å². The van der Waals surface area contributed by atoms with Crippen LogP contribution in [0.5, 0.6) is 0 Å². The minimum atomic E-state index is -0.407. The first-order chi connectivity index (χ1) is 13.6. The second-order valence-electron chi connectivity index (χ2n) is 6.52. The van der Waals surface area contributed by atoms with Crippen molar-refractivity contribution >= 4 is 61.5 Å². The first-order valence-corrected chi connectivity index (χ1v) is 10.5. The third kappa shape index (κ3) is 4.29. The van der Waals surface area contributed by atoms with Gasteiger partial charge >= 0.3 is 0 Å². The van der Waals surface area contributed by atoms with Crippen molar-refractivity contribution in [2.45, 2.75) is 31.8 Å². The van der Waals surface area contributed by atoms with Crippen molar-refractivity contribution in [2.24, 2.45) is 5.16 Å². The number of nitrogens with one attached hydrogen (secondary N) is 1. The summed E-state index contributed by atoms with van der Waals surface area (Å²) in [6.07, 6.45) is 4.14. The van der Waals surface area contributed by atoms with Gasteiger partial charge in [0.15, 0.2) is 10.8 Å². The molecule has 2 aromatic carbocycles. The monoisotopic (exact) mass is 433 g/mol. The lowest BCUT2D eigenvalue weighted by Crippen LogP contribution is -2.25. The highest BCUT2D eigenvalue weighted by molar-refractivity contribution is 7.22. The smallest absolute Gasteiger partial charge is 0.280 e. The molecule has 1 aliphatic carbocycles. The van der Waals surface area contributed by atoms with E-state index in [0.717, 1.165) is 35.9 Å². The van der Waals surface area contributed by atoms with E-state index in [1.54, 1.807) is 18.2 Å². The van der Waals surface area contributed by atoms with Crippen molar-refractivity contribution in [2.75, 3.05) is 5.32 Å². The Morgan fingerprint density at radius 1 is 1.14 bits per heavy atom. The lowest BCUT2D eigenvalue weighted by atomic mass is 10.1. The molecule has 144 valence electrons. The number of benzene rings is 2. The van der Waals surface area contributed by atoms with Gasteiger partial charge in [-0.2, -0.15) is 0 Å². The van der Waals surface area contributed by atoms with Crippen LogP contribution in [0.4, 0.5) is 5.13 Å². The average molecular weight is 434 g/mol. The molecule has 3 aromatic rings. The van der Waals surface area contributed by atoms with E-state index in [1.807, 2.05) is 24.3 Å². The van der Waals surface area contributed by atoms with Gasteiger partial charge in [-0.25, -0.2) is 4.98 Å². The largest absolute Gasteiger partial charge is 0.392 e. The van der Waals surface area contributed by atoms with Gasteiger partial charge in [0, 0.05) is 5.56 Å². The molecule has 28 heavy (non-hydrogen) atoms. The number of carbonyl (C=O) groups is 1. The molecule has 1 aliphatic rings. The highest BCUT2D eigenvalue weighted by Gasteiger charge is 2.21. The number of para-hydroxylation sites is 1. The zero-order chi connectivity index (χ0) is 19.5. The van der Waals surface area contributed by atoms with Crippen LogP contribution in [0.3, 0.4) is 0 Å². The first-order valence-electron chi connectivity index (χ1n) is 8.96. The molecule has 1 amide bonds. The number of rotatable bonds is 5. The Morgan fingerprint density at radius 3 is 2.68 bits per heavy atom. The van der Waals surface area contributed by atoms with Crippen molar-refractivity contribution in [3.05, 3.63) is 58.1 Å². The molecule has 0 saturated heterocycles. The fourth-order valence-corrected chi connectivity index (χ4v) is 4.23. The Balaban J connectivity index is 1.61. The zero-order valence-corrected chi connectivity index (χ0v) is 17.2. The predicted molar refractivity (Wildman–Crippen MR) is 115 cm³/mol. The zero-order valence-electron chi connectivity index (χ0n) is 14.8.